The number of benzene rings is 3. The first-order valence-electron chi connectivity index (χ1n) is 9.71. The molecule has 1 aromatic heterocycles. The fraction of sp³-hybridized carbons (Fsp3) is 0.125. The molecule has 0 unspecified atom stereocenters. The van der Waals surface area contributed by atoms with Gasteiger partial charge in [-0.1, -0.05) is 12.1 Å². The molecule has 0 saturated carbocycles. The van der Waals surface area contributed by atoms with Crippen molar-refractivity contribution in [2.45, 2.75) is 0 Å². The van der Waals surface area contributed by atoms with Crippen LogP contribution in [0.3, 0.4) is 0 Å². The second kappa shape index (κ2) is 8.81. The molecule has 0 aliphatic rings. The molecule has 0 aliphatic heterocycles. The Morgan fingerprint density at radius 2 is 1.72 bits per heavy atom. The Morgan fingerprint density at radius 3 is 2.47 bits per heavy atom. The van der Waals surface area contributed by atoms with Crippen molar-refractivity contribution in [3.63, 3.8) is 0 Å². The molecule has 0 radical (unpaired) electrons. The minimum atomic E-state index is -1.10. The standard InChI is InChI=1S/C24H20N2O6/c1-30-21-11-18-19(12-22(21)31-2)25-9-8-20(18)32-15-6-7-16-14(10-15)4-3-5-17(16)24(29)26-13-23(27)28/h3-12H,13H2,1-2H3,(H,26,29)(H,27,28). The van der Waals surface area contributed by atoms with Crippen molar-refractivity contribution in [3.05, 3.63) is 66.4 Å². The molecule has 2 N–H and O–H groups in total. The van der Waals surface area contributed by atoms with Crippen molar-refractivity contribution in [3.8, 4) is 23.0 Å². The maximum absolute atomic E-state index is 12.4. The minimum absolute atomic E-state index is 0.390. The quantitative estimate of drug-likeness (QED) is 0.454. The Hall–Kier alpha value is -4.33. The summed E-state index contributed by atoms with van der Waals surface area (Å²) in [6.07, 6.45) is 1.65. The van der Waals surface area contributed by atoms with E-state index >= 15 is 0 Å². The van der Waals surface area contributed by atoms with E-state index in [1.165, 1.54) is 0 Å². The van der Waals surface area contributed by atoms with E-state index in [0.717, 1.165) is 10.8 Å². The van der Waals surface area contributed by atoms with Crippen LogP contribution >= 0.6 is 0 Å². The molecule has 1 heterocycles. The number of methoxy groups -OCH3 is 2. The highest BCUT2D eigenvalue weighted by Gasteiger charge is 2.14. The molecule has 8 heteroatoms. The molecule has 0 aliphatic carbocycles. The Morgan fingerprint density at radius 1 is 0.938 bits per heavy atom. The summed E-state index contributed by atoms with van der Waals surface area (Å²) in [6.45, 7) is -0.445. The van der Waals surface area contributed by atoms with Crippen LogP contribution < -0.4 is 19.5 Å². The number of aliphatic carboxylic acids is 1. The van der Waals surface area contributed by atoms with Gasteiger partial charge in [0, 0.05) is 23.2 Å². The van der Waals surface area contributed by atoms with Gasteiger partial charge in [-0.15, -0.1) is 0 Å². The first kappa shape index (κ1) is 20.9. The van der Waals surface area contributed by atoms with Crippen LogP contribution in [0, 0.1) is 0 Å². The average molecular weight is 432 g/mol. The van der Waals surface area contributed by atoms with Crippen LogP contribution in [0.4, 0.5) is 0 Å². The van der Waals surface area contributed by atoms with E-state index in [-0.39, 0.29) is 0 Å². The number of fused-ring (bicyclic) bond motifs is 2. The second-order valence-corrected chi connectivity index (χ2v) is 6.90. The van der Waals surface area contributed by atoms with E-state index in [4.69, 9.17) is 19.3 Å². The number of ether oxygens (including phenoxy) is 3. The molecule has 1 amide bonds. The molecule has 8 nitrogen and oxygen atoms in total. The first-order chi connectivity index (χ1) is 15.5. The number of pyridine rings is 1. The number of rotatable bonds is 7. The van der Waals surface area contributed by atoms with Crippen molar-refractivity contribution in [2.75, 3.05) is 20.8 Å². The smallest absolute Gasteiger partial charge is 0.322 e. The van der Waals surface area contributed by atoms with Gasteiger partial charge in [-0.3, -0.25) is 14.6 Å². The monoisotopic (exact) mass is 432 g/mol. The van der Waals surface area contributed by atoms with Crippen molar-refractivity contribution >= 4 is 33.6 Å². The average Bonchev–Trinajstić information content (AvgIpc) is 2.81. The number of carbonyl (C=O) groups excluding carboxylic acids is 1. The van der Waals surface area contributed by atoms with E-state index in [0.29, 0.717) is 39.5 Å². The highest BCUT2D eigenvalue weighted by Crippen LogP contribution is 2.37. The molecule has 162 valence electrons. The molecule has 0 atom stereocenters. The topological polar surface area (TPSA) is 107 Å². The van der Waals surface area contributed by atoms with Gasteiger partial charge in [-0.05, 0) is 47.2 Å². The third-order valence-electron chi connectivity index (χ3n) is 4.93. The largest absolute Gasteiger partial charge is 0.493 e. The summed E-state index contributed by atoms with van der Waals surface area (Å²) in [7, 11) is 3.13. The highest BCUT2D eigenvalue weighted by atomic mass is 16.5. The Bertz CT molecular complexity index is 1340. The van der Waals surface area contributed by atoms with E-state index < -0.39 is 18.4 Å². The lowest BCUT2D eigenvalue weighted by Crippen LogP contribution is -2.29. The lowest BCUT2D eigenvalue weighted by atomic mass is 10.0. The number of hydrogen-bond donors (Lipinski definition) is 2. The number of aromatic nitrogens is 1. The lowest BCUT2D eigenvalue weighted by molar-refractivity contribution is -0.135. The molecule has 0 fully saturated rings. The SMILES string of the molecule is COc1cc2nccc(Oc3ccc4c(C(=O)NCC(=O)O)cccc4c3)c2cc1OC. The summed E-state index contributed by atoms with van der Waals surface area (Å²) in [4.78, 5) is 27.5. The van der Waals surface area contributed by atoms with Crippen LogP contribution in [0.2, 0.25) is 0 Å². The number of carboxylic acid groups (broad SMARTS) is 1. The molecule has 0 bridgehead atoms. The number of nitrogens with one attached hydrogen (secondary N) is 1. The molecule has 4 rings (SSSR count). The maximum atomic E-state index is 12.4. The van der Waals surface area contributed by atoms with Crippen LogP contribution in [0.5, 0.6) is 23.0 Å². The van der Waals surface area contributed by atoms with Gasteiger partial charge in [0.25, 0.3) is 5.91 Å². The normalized spacial score (nSPS) is 10.7. The van der Waals surface area contributed by atoms with Gasteiger partial charge >= 0.3 is 5.97 Å². The zero-order valence-corrected chi connectivity index (χ0v) is 17.4. The summed E-state index contributed by atoms with van der Waals surface area (Å²) in [6, 6.07) is 15.9. The third-order valence-corrected chi connectivity index (χ3v) is 4.93. The molecule has 0 spiro atoms. The summed E-state index contributed by atoms with van der Waals surface area (Å²) in [5, 5.41) is 13.4. The van der Waals surface area contributed by atoms with Gasteiger partial charge in [0.1, 0.15) is 18.0 Å². The predicted octanol–water partition coefficient (Wildman–Crippen LogP) is 4.01. The van der Waals surface area contributed by atoms with Crippen LogP contribution in [-0.4, -0.2) is 42.7 Å². The summed E-state index contributed by atoms with van der Waals surface area (Å²) in [5.41, 5.74) is 1.08. The number of nitrogens with zero attached hydrogens (tertiary/aromatic N) is 1. The van der Waals surface area contributed by atoms with Gasteiger partial charge in [-0.2, -0.15) is 0 Å². The van der Waals surface area contributed by atoms with Crippen LogP contribution in [0.1, 0.15) is 10.4 Å². The van der Waals surface area contributed by atoms with Gasteiger partial charge in [0.05, 0.1) is 19.7 Å². The Labute approximate surface area is 183 Å². The fourth-order valence-corrected chi connectivity index (χ4v) is 3.44. The number of hydrogen-bond acceptors (Lipinski definition) is 6. The number of carboxylic acids is 1. The summed E-state index contributed by atoms with van der Waals surface area (Å²) in [5.74, 6) is 0.743. The number of carbonyl (C=O) groups is 2. The third kappa shape index (κ3) is 4.11. The molecular formula is C24H20N2O6. The van der Waals surface area contributed by atoms with Gasteiger partial charge in [-0.25, -0.2) is 0 Å². The molecule has 32 heavy (non-hydrogen) atoms. The molecule has 0 saturated heterocycles. The fourth-order valence-electron chi connectivity index (χ4n) is 3.44. The molecular weight excluding hydrogens is 412 g/mol. The van der Waals surface area contributed by atoms with E-state index in [2.05, 4.69) is 10.3 Å². The Kier molecular flexibility index (Phi) is 5.76. The second-order valence-electron chi connectivity index (χ2n) is 6.90. The zero-order valence-electron chi connectivity index (χ0n) is 17.4. The first-order valence-corrected chi connectivity index (χ1v) is 9.71. The zero-order chi connectivity index (χ0) is 22.7. The molecule has 4 aromatic rings. The van der Waals surface area contributed by atoms with E-state index in [9.17, 15) is 9.59 Å². The van der Waals surface area contributed by atoms with Crippen molar-refractivity contribution in [1.82, 2.24) is 10.3 Å². The van der Waals surface area contributed by atoms with Crippen molar-refractivity contribution in [1.29, 1.82) is 0 Å². The van der Waals surface area contributed by atoms with Crippen LogP contribution in [0.15, 0.2) is 60.8 Å². The predicted molar refractivity (Wildman–Crippen MR) is 119 cm³/mol. The van der Waals surface area contributed by atoms with E-state index in [1.54, 1.807) is 56.8 Å². The Balaban J connectivity index is 1.69. The van der Waals surface area contributed by atoms with Crippen molar-refractivity contribution in [2.24, 2.45) is 0 Å². The highest BCUT2D eigenvalue weighted by molar-refractivity contribution is 6.07. The molecule has 3 aromatic carbocycles. The van der Waals surface area contributed by atoms with Crippen molar-refractivity contribution < 1.29 is 28.9 Å². The summed E-state index contributed by atoms with van der Waals surface area (Å²) < 4.78 is 16.9. The number of amides is 1. The summed E-state index contributed by atoms with van der Waals surface area (Å²) >= 11 is 0. The van der Waals surface area contributed by atoms with Crippen LogP contribution in [0.25, 0.3) is 21.7 Å². The van der Waals surface area contributed by atoms with Gasteiger partial charge in [0.2, 0.25) is 0 Å². The van der Waals surface area contributed by atoms with Gasteiger partial charge < -0.3 is 24.6 Å². The van der Waals surface area contributed by atoms with Crippen LogP contribution in [-0.2, 0) is 4.79 Å². The van der Waals surface area contributed by atoms with E-state index in [1.807, 2.05) is 18.2 Å². The lowest BCUT2D eigenvalue weighted by Gasteiger charge is -2.13. The minimum Gasteiger partial charge on any atom is -0.493 e. The maximum Gasteiger partial charge on any atom is 0.322 e. The van der Waals surface area contributed by atoms with Gasteiger partial charge in [0.15, 0.2) is 11.5 Å².